The third-order valence-corrected chi connectivity index (χ3v) is 3.39. The Morgan fingerprint density at radius 2 is 1.85 bits per heavy atom. The van der Waals surface area contributed by atoms with Crippen molar-refractivity contribution >= 4 is 5.91 Å². The van der Waals surface area contributed by atoms with Crippen LogP contribution in [0, 0.1) is 11.3 Å². The number of ether oxygens (including phenoxy) is 1. The van der Waals surface area contributed by atoms with Crippen molar-refractivity contribution in [3.63, 3.8) is 0 Å². The molecule has 0 aromatic heterocycles. The quantitative estimate of drug-likeness (QED) is 0.768. The molecule has 1 aliphatic rings. The van der Waals surface area contributed by atoms with E-state index < -0.39 is 0 Å². The average Bonchev–Trinajstić information content (AvgIpc) is 2.29. The summed E-state index contributed by atoms with van der Waals surface area (Å²) < 4.78 is 6.03. The predicted molar refractivity (Wildman–Crippen MR) is 78.2 cm³/mol. The molecule has 20 heavy (non-hydrogen) atoms. The van der Waals surface area contributed by atoms with E-state index in [1.165, 1.54) is 0 Å². The summed E-state index contributed by atoms with van der Waals surface area (Å²) in [4.78, 5) is 15.9. The van der Waals surface area contributed by atoms with Gasteiger partial charge >= 0.3 is 0 Å². The van der Waals surface area contributed by atoms with Gasteiger partial charge in [-0.1, -0.05) is 0 Å². The van der Waals surface area contributed by atoms with Gasteiger partial charge in [0.1, 0.15) is 0 Å². The van der Waals surface area contributed by atoms with Gasteiger partial charge < -0.3 is 9.64 Å². The molecule has 0 bridgehead atoms. The summed E-state index contributed by atoms with van der Waals surface area (Å²) in [5.41, 5.74) is -0.366. The van der Waals surface area contributed by atoms with Crippen LogP contribution in [-0.2, 0) is 9.53 Å². The molecule has 0 spiro atoms. The van der Waals surface area contributed by atoms with E-state index >= 15 is 0 Å². The lowest BCUT2D eigenvalue weighted by molar-refractivity contribution is -0.181. The Balaban J connectivity index is 2.45. The van der Waals surface area contributed by atoms with Gasteiger partial charge in [-0.3, -0.25) is 9.69 Å². The van der Waals surface area contributed by atoms with Crippen LogP contribution in [-0.4, -0.2) is 60.1 Å². The Labute approximate surface area is 122 Å². The van der Waals surface area contributed by atoms with Crippen molar-refractivity contribution in [1.82, 2.24) is 9.80 Å². The number of carbonyl (C=O) groups is 1. The minimum absolute atomic E-state index is 0.0994. The van der Waals surface area contributed by atoms with Crippen molar-refractivity contribution in [3.05, 3.63) is 0 Å². The summed E-state index contributed by atoms with van der Waals surface area (Å²) in [6.07, 6.45) is 0.883. The molecule has 1 fully saturated rings. The van der Waals surface area contributed by atoms with Gasteiger partial charge in [-0.2, -0.15) is 5.26 Å². The summed E-state index contributed by atoms with van der Waals surface area (Å²) in [7, 11) is 1.76. The van der Waals surface area contributed by atoms with E-state index in [0.29, 0.717) is 19.4 Å². The fourth-order valence-corrected chi connectivity index (χ4v) is 2.89. The molecule has 0 saturated carbocycles. The van der Waals surface area contributed by atoms with Crippen LogP contribution in [0.25, 0.3) is 0 Å². The Bertz CT molecular complexity index is 369. The summed E-state index contributed by atoms with van der Waals surface area (Å²) >= 11 is 0. The monoisotopic (exact) mass is 281 g/mol. The number of morpholine rings is 1. The van der Waals surface area contributed by atoms with Gasteiger partial charge in [-0.25, -0.2) is 0 Å². The van der Waals surface area contributed by atoms with Crippen molar-refractivity contribution in [2.75, 3.05) is 33.2 Å². The third-order valence-electron chi connectivity index (χ3n) is 3.39. The third kappa shape index (κ3) is 5.48. The molecule has 5 heteroatoms. The Hall–Kier alpha value is -1.12. The lowest BCUT2D eigenvalue weighted by atomic mass is 9.99. The first-order valence-electron chi connectivity index (χ1n) is 7.19. The highest BCUT2D eigenvalue weighted by atomic mass is 16.5. The van der Waals surface area contributed by atoms with Gasteiger partial charge in [0, 0.05) is 39.6 Å². The smallest absolute Gasteiger partial charge is 0.223 e. The maximum absolute atomic E-state index is 12.0. The molecule has 1 saturated heterocycles. The second-order valence-corrected chi connectivity index (χ2v) is 6.81. The maximum atomic E-state index is 12.0. The fraction of sp³-hybridized carbons (Fsp3) is 0.867. The van der Waals surface area contributed by atoms with Crippen molar-refractivity contribution < 1.29 is 9.53 Å². The van der Waals surface area contributed by atoms with Crippen LogP contribution < -0.4 is 0 Å². The van der Waals surface area contributed by atoms with E-state index in [1.54, 1.807) is 11.9 Å². The van der Waals surface area contributed by atoms with Crippen molar-refractivity contribution in [1.29, 1.82) is 5.26 Å². The van der Waals surface area contributed by atoms with Crippen LogP contribution in [0.4, 0.5) is 0 Å². The molecule has 0 atom stereocenters. The van der Waals surface area contributed by atoms with Gasteiger partial charge in [-0.05, 0) is 27.7 Å². The number of nitrogens with zero attached hydrogens (tertiary/aromatic N) is 3. The fourth-order valence-electron chi connectivity index (χ4n) is 2.89. The zero-order valence-corrected chi connectivity index (χ0v) is 13.4. The summed E-state index contributed by atoms with van der Waals surface area (Å²) in [6, 6.07) is 2.06. The van der Waals surface area contributed by atoms with E-state index in [1.807, 2.05) is 0 Å². The number of carbonyl (C=O) groups excluding carboxylic acids is 1. The van der Waals surface area contributed by atoms with E-state index in [0.717, 1.165) is 19.6 Å². The normalized spacial score (nSPS) is 21.2. The maximum Gasteiger partial charge on any atom is 0.223 e. The SMILES string of the molecule is CN(CCC#N)C(=O)CCN1CC(C)(C)OC(C)(C)C1. The largest absolute Gasteiger partial charge is 0.367 e. The van der Waals surface area contributed by atoms with Crippen LogP contribution in [0.2, 0.25) is 0 Å². The number of hydrogen-bond donors (Lipinski definition) is 0. The highest BCUT2D eigenvalue weighted by Gasteiger charge is 2.37. The van der Waals surface area contributed by atoms with Gasteiger partial charge in [0.2, 0.25) is 5.91 Å². The van der Waals surface area contributed by atoms with Gasteiger partial charge in [0.25, 0.3) is 0 Å². The molecule has 0 unspecified atom stereocenters. The molecule has 1 rings (SSSR count). The molecule has 0 radical (unpaired) electrons. The predicted octanol–water partition coefficient (Wildman–Crippen LogP) is 1.64. The first kappa shape index (κ1) is 16.9. The first-order chi connectivity index (χ1) is 9.15. The molecule has 114 valence electrons. The molecule has 0 aliphatic carbocycles. The standard InChI is InChI=1S/C15H27N3O2/c1-14(2)11-18(12-15(3,4)20-14)10-7-13(19)17(5)9-6-8-16/h6-7,9-12H2,1-5H3. The lowest BCUT2D eigenvalue weighted by Crippen LogP contribution is -2.57. The molecule has 0 aromatic rings. The van der Waals surface area contributed by atoms with E-state index in [4.69, 9.17) is 10.00 Å². The van der Waals surface area contributed by atoms with E-state index in [9.17, 15) is 4.79 Å². The molecular weight excluding hydrogens is 254 g/mol. The van der Waals surface area contributed by atoms with E-state index in [-0.39, 0.29) is 17.1 Å². The zero-order chi connectivity index (χ0) is 15.4. The second kappa shape index (κ2) is 6.55. The Kier molecular flexibility index (Phi) is 5.55. The van der Waals surface area contributed by atoms with Crippen LogP contribution >= 0.6 is 0 Å². The van der Waals surface area contributed by atoms with Gasteiger partial charge in [0.15, 0.2) is 0 Å². The minimum Gasteiger partial charge on any atom is -0.367 e. The van der Waals surface area contributed by atoms with Crippen LogP contribution in [0.5, 0.6) is 0 Å². The summed E-state index contributed by atoms with van der Waals surface area (Å²) in [5.74, 6) is 0.0994. The number of hydrogen-bond acceptors (Lipinski definition) is 4. The number of rotatable bonds is 5. The Morgan fingerprint density at radius 3 is 2.35 bits per heavy atom. The van der Waals surface area contributed by atoms with Gasteiger partial charge in [-0.15, -0.1) is 0 Å². The number of amides is 1. The highest BCUT2D eigenvalue weighted by Crippen LogP contribution is 2.27. The Morgan fingerprint density at radius 1 is 1.30 bits per heavy atom. The molecule has 5 nitrogen and oxygen atoms in total. The van der Waals surface area contributed by atoms with Crippen molar-refractivity contribution in [3.8, 4) is 6.07 Å². The first-order valence-corrected chi connectivity index (χ1v) is 7.19. The average molecular weight is 281 g/mol. The summed E-state index contributed by atoms with van der Waals surface area (Å²) in [6.45, 7) is 11.3. The van der Waals surface area contributed by atoms with Crippen LogP contribution in [0.15, 0.2) is 0 Å². The molecule has 1 heterocycles. The molecule has 1 amide bonds. The zero-order valence-electron chi connectivity index (χ0n) is 13.4. The molecule has 0 aromatic carbocycles. The van der Waals surface area contributed by atoms with E-state index in [2.05, 4.69) is 38.7 Å². The van der Waals surface area contributed by atoms with Crippen LogP contribution in [0.1, 0.15) is 40.5 Å². The van der Waals surface area contributed by atoms with Crippen LogP contribution in [0.3, 0.4) is 0 Å². The molecule has 0 N–H and O–H groups in total. The van der Waals surface area contributed by atoms with Crippen molar-refractivity contribution in [2.45, 2.75) is 51.7 Å². The topological polar surface area (TPSA) is 56.6 Å². The van der Waals surface area contributed by atoms with Crippen molar-refractivity contribution in [2.24, 2.45) is 0 Å². The highest BCUT2D eigenvalue weighted by molar-refractivity contribution is 5.76. The number of nitriles is 1. The molecular formula is C15H27N3O2. The summed E-state index contributed by atoms with van der Waals surface area (Å²) in [5, 5.41) is 8.54. The lowest BCUT2D eigenvalue weighted by Gasteiger charge is -2.47. The second-order valence-electron chi connectivity index (χ2n) is 6.81. The molecule has 1 aliphatic heterocycles. The van der Waals surface area contributed by atoms with Gasteiger partial charge in [0.05, 0.1) is 23.7 Å². The minimum atomic E-state index is -0.183.